The van der Waals surface area contributed by atoms with Crippen LogP contribution in [0.4, 0.5) is 14.5 Å². The topological polar surface area (TPSA) is 78.4 Å². The third kappa shape index (κ3) is 4.36. The van der Waals surface area contributed by atoms with Gasteiger partial charge in [0.15, 0.2) is 0 Å². The average molecular weight is 334 g/mol. The molecule has 0 aliphatic rings. The van der Waals surface area contributed by atoms with E-state index >= 15 is 0 Å². The number of benzene rings is 2. The van der Waals surface area contributed by atoms with E-state index in [1.54, 1.807) is 0 Å². The molecule has 2 atom stereocenters. The second-order valence-electron chi connectivity index (χ2n) is 5.19. The number of carbonyl (C=O) groups excluding carboxylic acids is 2. The van der Waals surface area contributed by atoms with Gasteiger partial charge in [0.2, 0.25) is 0 Å². The van der Waals surface area contributed by atoms with E-state index in [4.69, 9.17) is 0 Å². The molecule has 24 heavy (non-hydrogen) atoms. The first-order chi connectivity index (χ1) is 11.4. The first-order valence-electron chi connectivity index (χ1n) is 7.18. The van der Waals surface area contributed by atoms with E-state index in [0.29, 0.717) is 5.56 Å². The van der Waals surface area contributed by atoms with Crippen LogP contribution >= 0.6 is 0 Å². The Hall–Kier alpha value is -2.80. The fourth-order valence-electron chi connectivity index (χ4n) is 2.04. The van der Waals surface area contributed by atoms with Crippen LogP contribution in [0.1, 0.15) is 18.6 Å². The highest BCUT2D eigenvalue weighted by atomic mass is 19.1. The molecular weight excluding hydrogens is 318 g/mol. The molecule has 0 saturated carbocycles. The summed E-state index contributed by atoms with van der Waals surface area (Å²) in [4.78, 5) is 23.6. The average Bonchev–Trinajstić information content (AvgIpc) is 2.56. The van der Waals surface area contributed by atoms with Crippen molar-refractivity contribution in [2.24, 2.45) is 0 Å². The highest BCUT2D eigenvalue weighted by molar-refractivity contribution is 6.39. The summed E-state index contributed by atoms with van der Waals surface area (Å²) in [6.45, 7) is 1.49. The summed E-state index contributed by atoms with van der Waals surface area (Å²) in [5.74, 6) is -3.20. The summed E-state index contributed by atoms with van der Waals surface area (Å²) >= 11 is 0. The predicted molar refractivity (Wildman–Crippen MR) is 84.0 cm³/mol. The zero-order valence-electron chi connectivity index (χ0n) is 12.8. The molecule has 2 aromatic carbocycles. The lowest BCUT2D eigenvalue weighted by Gasteiger charge is -2.20. The number of rotatable bonds is 4. The molecule has 0 heterocycles. The van der Waals surface area contributed by atoms with Crippen molar-refractivity contribution in [2.45, 2.75) is 19.1 Å². The Bertz CT molecular complexity index is 735. The summed E-state index contributed by atoms with van der Waals surface area (Å²) in [6.07, 6.45) is -1.13. The number of aliphatic hydroxyl groups excluding tert-OH is 1. The van der Waals surface area contributed by atoms with Crippen molar-refractivity contribution >= 4 is 17.5 Å². The van der Waals surface area contributed by atoms with Crippen LogP contribution in [-0.4, -0.2) is 23.0 Å². The Morgan fingerprint density at radius 1 is 1.00 bits per heavy atom. The molecule has 2 unspecified atom stereocenters. The molecule has 2 aromatic rings. The standard InChI is InChI=1S/C17H16F2N2O3/c1-10(15(22)11-6-8-12(18)9-7-11)20-16(23)17(24)21-14-5-3-2-4-13(14)19/h2-10,15,22H,1H3,(H,20,23)(H,21,24). The first kappa shape index (κ1) is 17.6. The highest BCUT2D eigenvalue weighted by Gasteiger charge is 2.22. The van der Waals surface area contributed by atoms with Crippen molar-refractivity contribution in [2.75, 3.05) is 5.32 Å². The van der Waals surface area contributed by atoms with Crippen molar-refractivity contribution in [1.82, 2.24) is 5.32 Å². The second kappa shape index (κ2) is 7.65. The van der Waals surface area contributed by atoms with E-state index in [0.717, 1.165) is 6.07 Å². The Balaban J connectivity index is 1.96. The number of nitrogens with one attached hydrogen (secondary N) is 2. The largest absolute Gasteiger partial charge is 0.386 e. The number of amides is 2. The normalized spacial score (nSPS) is 13.0. The van der Waals surface area contributed by atoms with Crippen LogP contribution in [-0.2, 0) is 9.59 Å². The number of anilines is 1. The monoisotopic (exact) mass is 334 g/mol. The third-order valence-corrected chi connectivity index (χ3v) is 3.37. The lowest BCUT2D eigenvalue weighted by molar-refractivity contribution is -0.137. The highest BCUT2D eigenvalue weighted by Crippen LogP contribution is 2.17. The van der Waals surface area contributed by atoms with Crippen molar-refractivity contribution in [1.29, 1.82) is 0 Å². The molecule has 0 radical (unpaired) electrons. The lowest BCUT2D eigenvalue weighted by Crippen LogP contribution is -2.43. The van der Waals surface area contributed by atoms with Gasteiger partial charge in [-0.2, -0.15) is 0 Å². The maximum Gasteiger partial charge on any atom is 0.313 e. The predicted octanol–water partition coefficient (Wildman–Crippen LogP) is 2.14. The maximum atomic E-state index is 13.4. The van der Waals surface area contributed by atoms with Gasteiger partial charge >= 0.3 is 11.8 Å². The Morgan fingerprint density at radius 3 is 2.25 bits per heavy atom. The summed E-state index contributed by atoms with van der Waals surface area (Å²) in [6, 6.07) is 9.73. The molecule has 0 saturated heterocycles. The molecule has 0 aliphatic carbocycles. The minimum Gasteiger partial charge on any atom is -0.386 e. The van der Waals surface area contributed by atoms with Crippen LogP contribution in [0.5, 0.6) is 0 Å². The van der Waals surface area contributed by atoms with Crippen molar-refractivity contribution < 1.29 is 23.5 Å². The van der Waals surface area contributed by atoms with Crippen LogP contribution < -0.4 is 10.6 Å². The van der Waals surface area contributed by atoms with E-state index in [9.17, 15) is 23.5 Å². The molecule has 3 N–H and O–H groups in total. The quantitative estimate of drug-likeness (QED) is 0.750. The molecule has 0 aliphatic heterocycles. The third-order valence-electron chi connectivity index (χ3n) is 3.37. The molecule has 2 rings (SSSR count). The number of halogens is 2. The Labute approximate surface area is 137 Å². The first-order valence-corrected chi connectivity index (χ1v) is 7.18. The van der Waals surface area contributed by atoms with Gasteiger partial charge in [0.1, 0.15) is 11.6 Å². The maximum absolute atomic E-state index is 13.4. The van der Waals surface area contributed by atoms with Crippen molar-refractivity contribution in [3.8, 4) is 0 Å². The molecule has 7 heteroatoms. The van der Waals surface area contributed by atoms with Gasteiger partial charge in [-0.25, -0.2) is 8.78 Å². The van der Waals surface area contributed by atoms with Crippen molar-refractivity contribution in [3.05, 3.63) is 65.7 Å². The zero-order valence-corrected chi connectivity index (χ0v) is 12.8. The summed E-state index contributed by atoms with van der Waals surface area (Å²) in [5, 5.41) is 14.6. The second-order valence-corrected chi connectivity index (χ2v) is 5.19. The van der Waals surface area contributed by atoms with Gasteiger partial charge in [-0.15, -0.1) is 0 Å². The van der Waals surface area contributed by atoms with E-state index in [-0.39, 0.29) is 5.69 Å². The Morgan fingerprint density at radius 2 is 1.62 bits per heavy atom. The molecule has 5 nitrogen and oxygen atoms in total. The molecular formula is C17H16F2N2O3. The summed E-state index contributed by atoms with van der Waals surface area (Å²) in [5.41, 5.74) is 0.267. The van der Waals surface area contributed by atoms with E-state index in [2.05, 4.69) is 10.6 Å². The van der Waals surface area contributed by atoms with Gasteiger partial charge in [0.05, 0.1) is 17.8 Å². The van der Waals surface area contributed by atoms with Crippen LogP contribution in [0.15, 0.2) is 48.5 Å². The molecule has 0 bridgehead atoms. The van der Waals surface area contributed by atoms with E-state index in [1.807, 2.05) is 0 Å². The van der Waals surface area contributed by atoms with Crippen LogP contribution in [0.2, 0.25) is 0 Å². The van der Waals surface area contributed by atoms with Crippen LogP contribution in [0.25, 0.3) is 0 Å². The Kier molecular flexibility index (Phi) is 5.59. The van der Waals surface area contributed by atoms with Gasteiger partial charge < -0.3 is 15.7 Å². The molecule has 2 amide bonds. The van der Waals surface area contributed by atoms with Gasteiger partial charge in [-0.05, 0) is 36.8 Å². The van der Waals surface area contributed by atoms with Crippen LogP contribution in [0, 0.1) is 11.6 Å². The zero-order chi connectivity index (χ0) is 17.7. The molecule has 0 fully saturated rings. The number of hydrogen-bond donors (Lipinski definition) is 3. The fraction of sp³-hybridized carbons (Fsp3) is 0.176. The minimum absolute atomic E-state index is 0.121. The minimum atomic E-state index is -1.13. The summed E-state index contributed by atoms with van der Waals surface area (Å²) < 4.78 is 26.3. The SMILES string of the molecule is CC(NC(=O)C(=O)Nc1ccccc1F)C(O)c1ccc(F)cc1. The van der Waals surface area contributed by atoms with Crippen LogP contribution in [0.3, 0.4) is 0 Å². The van der Waals surface area contributed by atoms with Gasteiger partial charge in [0.25, 0.3) is 0 Å². The molecule has 126 valence electrons. The number of para-hydroxylation sites is 1. The van der Waals surface area contributed by atoms with Gasteiger partial charge in [-0.1, -0.05) is 24.3 Å². The fourth-order valence-corrected chi connectivity index (χ4v) is 2.04. The number of aliphatic hydroxyl groups is 1. The van der Waals surface area contributed by atoms with Gasteiger partial charge in [-0.3, -0.25) is 9.59 Å². The van der Waals surface area contributed by atoms with E-state index < -0.39 is 35.6 Å². The van der Waals surface area contributed by atoms with Gasteiger partial charge in [0, 0.05) is 0 Å². The number of carbonyl (C=O) groups is 2. The lowest BCUT2D eigenvalue weighted by atomic mass is 10.0. The number of hydrogen-bond acceptors (Lipinski definition) is 3. The smallest absolute Gasteiger partial charge is 0.313 e. The molecule has 0 aromatic heterocycles. The summed E-state index contributed by atoms with van der Waals surface area (Å²) in [7, 11) is 0. The van der Waals surface area contributed by atoms with Crippen molar-refractivity contribution in [3.63, 3.8) is 0 Å². The van der Waals surface area contributed by atoms with E-state index in [1.165, 1.54) is 49.4 Å². The molecule has 0 spiro atoms.